The van der Waals surface area contributed by atoms with Crippen LogP contribution in [-0.4, -0.2) is 29.2 Å². The number of hydrogen-bond acceptors (Lipinski definition) is 3. The molecule has 0 radical (unpaired) electrons. The molecule has 1 saturated carbocycles. The van der Waals surface area contributed by atoms with Gasteiger partial charge in [-0.05, 0) is 59.3 Å². The van der Waals surface area contributed by atoms with Crippen LogP contribution in [0, 0.1) is 11.3 Å². The van der Waals surface area contributed by atoms with Crippen LogP contribution in [0.25, 0.3) is 0 Å². The van der Waals surface area contributed by atoms with Gasteiger partial charge in [0, 0.05) is 12.1 Å². The molecule has 0 heterocycles. The van der Waals surface area contributed by atoms with Crippen molar-refractivity contribution in [1.82, 2.24) is 5.32 Å². The van der Waals surface area contributed by atoms with Crippen molar-refractivity contribution in [3.63, 3.8) is 0 Å². The molecule has 4 nitrogen and oxygen atoms in total. The van der Waals surface area contributed by atoms with Gasteiger partial charge in [0.15, 0.2) is 0 Å². The predicted octanol–water partition coefficient (Wildman–Crippen LogP) is 1.42. The third-order valence-corrected chi connectivity index (χ3v) is 4.55. The molecule has 1 rings (SSSR count). The molecule has 1 aliphatic rings. The molecule has 4 N–H and O–H groups in total. The molecular formula is C14H28N2O2. The summed E-state index contributed by atoms with van der Waals surface area (Å²) >= 11 is 0. The first-order valence-corrected chi connectivity index (χ1v) is 6.90. The maximum absolute atomic E-state index is 12.2. The van der Waals surface area contributed by atoms with E-state index in [-0.39, 0.29) is 12.0 Å². The molecular weight excluding hydrogens is 228 g/mol. The zero-order valence-electron chi connectivity index (χ0n) is 12.1. The minimum atomic E-state index is -0.582. The standard InChI is InChI=1S/C14H28N2O2/c1-13(2,14(3,4)15)12(18)16-9-10-5-7-11(17)8-6-10/h10-11,17H,5-9,15H2,1-4H3,(H,16,18). The molecule has 0 aliphatic heterocycles. The van der Waals surface area contributed by atoms with E-state index in [9.17, 15) is 9.90 Å². The fourth-order valence-electron chi connectivity index (χ4n) is 2.10. The van der Waals surface area contributed by atoms with Gasteiger partial charge in [-0.2, -0.15) is 0 Å². The summed E-state index contributed by atoms with van der Waals surface area (Å²) in [6.45, 7) is 8.22. The molecule has 1 fully saturated rings. The summed E-state index contributed by atoms with van der Waals surface area (Å²) in [5.74, 6) is 0.509. The van der Waals surface area contributed by atoms with Crippen LogP contribution in [-0.2, 0) is 4.79 Å². The lowest BCUT2D eigenvalue weighted by Crippen LogP contribution is -2.56. The van der Waals surface area contributed by atoms with E-state index in [1.54, 1.807) is 0 Å². The Hall–Kier alpha value is -0.610. The van der Waals surface area contributed by atoms with Crippen molar-refractivity contribution in [2.45, 2.75) is 65.0 Å². The number of amides is 1. The van der Waals surface area contributed by atoms with Crippen molar-refractivity contribution in [3.05, 3.63) is 0 Å². The van der Waals surface area contributed by atoms with E-state index in [4.69, 9.17) is 5.73 Å². The minimum absolute atomic E-state index is 0.0149. The minimum Gasteiger partial charge on any atom is -0.393 e. The molecule has 0 atom stereocenters. The highest BCUT2D eigenvalue weighted by molar-refractivity contribution is 5.83. The van der Waals surface area contributed by atoms with Crippen molar-refractivity contribution in [1.29, 1.82) is 0 Å². The average molecular weight is 256 g/mol. The topological polar surface area (TPSA) is 75.4 Å². The molecule has 1 aliphatic carbocycles. The summed E-state index contributed by atoms with van der Waals surface area (Å²) in [4.78, 5) is 12.2. The number of nitrogens with one attached hydrogen (secondary N) is 1. The summed E-state index contributed by atoms with van der Waals surface area (Å²) < 4.78 is 0. The highest BCUT2D eigenvalue weighted by Gasteiger charge is 2.40. The van der Waals surface area contributed by atoms with Crippen LogP contribution >= 0.6 is 0 Å². The number of hydrogen-bond donors (Lipinski definition) is 3. The van der Waals surface area contributed by atoms with Crippen LogP contribution < -0.4 is 11.1 Å². The van der Waals surface area contributed by atoms with Gasteiger partial charge in [0.25, 0.3) is 0 Å². The largest absolute Gasteiger partial charge is 0.393 e. The number of carbonyl (C=O) groups is 1. The number of aliphatic hydroxyl groups is 1. The van der Waals surface area contributed by atoms with E-state index >= 15 is 0 Å². The summed E-state index contributed by atoms with van der Waals surface area (Å²) in [5, 5.41) is 12.4. The molecule has 0 aromatic heterocycles. The van der Waals surface area contributed by atoms with Crippen LogP contribution in [0.3, 0.4) is 0 Å². The zero-order chi connectivity index (χ0) is 14.0. The number of nitrogens with two attached hydrogens (primary N) is 1. The zero-order valence-corrected chi connectivity index (χ0v) is 12.1. The van der Waals surface area contributed by atoms with Crippen LogP contribution in [0.2, 0.25) is 0 Å². The molecule has 0 aromatic rings. The van der Waals surface area contributed by atoms with E-state index in [2.05, 4.69) is 5.32 Å². The Morgan fingerprint density at radius 3 is 2.17 bits per heavy atom. The maximum Gasteiger partial charge on any atom is 0.227 e. The van der Waals surface area contributed by atoms with Crippen molar-refractivity contribution in [3.8, 4) is 0 Å². The monoisotopic (exact) mass is 256 g/mol. The molecule has 0 bridgehead atoms. The first kappa shape index (κ1) is 15.4. The van der Waals surface area contributed by atoms with Crippen molar-refractivity contribution < 1.29 is 9.90 Å². The van der Waals surface area contributed by atoms with E-state index in [1.807, 2.05) is 27.7 Å². The fourth-order valence-corrected chi connectivity index (χ4v) is 2.10. The second-order valence-corrected chi connectivity index (χ2v) is 6.73. The van der Waals surface area contributed by atoms with Crippen LogP contribution in [0.4, 0.5) is 0 Å². The van der Waals surface area contributed by atoms with E-state index < -0.39 is 11.0 Å². The highest BCUT2D eigenvalue weighted by atomic mass is 16.3. The van der Waals surface area contributed by atoms with Crippen molar-refractivity contribution in [2.24, 2.45) is 17.1 Å². The molecule has 18 heavy (non-hydrogen) atoms. The van der Waals surface area contributed by atoms with Gasteiger partial charge in [0.1, 0.15) is 0 Å². The van der Waals surface area contributed by atoms with Crippen LogP contribution in [0.15, 0.2) is 0 Å². The fraction of sp³-hybridized carbons (Fsp3) is 0.929. The Bertz CT molecular complexity index is 287. The maximum atomic E-state index is 12.2. The first-order chi connectivity index (χ1) is 8.14. The summed E-state index contributed by atoms with van der Waals surface area (Å²) in [6.07, 6.45) is 3.55. The first-order valence-electron chi connectivity index (χ1n) is 6.90. The van der Waals surface area contributed by atoms with Gasteiger partial charge in [-0.25, -0.2) is 0 Å². The Morgan fingerprint density at radius 1 is 1.22 bits per heavy atom. The molecule has 0 aromatic carbocycles. The third-order valence-electron chi connectivity index (χ3n) is 4.55. The number of carbonyl (C=O) groups excluding carboxylic acids is 1. The lowest BCUT2D eigenvalue weighted by Gasteiger charge is -2.37. The van der Waals surface area contributed by atoms with E-state index in [1.165, 1.54) is 0 Å². The molecule has 0 saturated heterocycles. The smallest absolute Gasteiger partial charge is 0.227 e. The van der Waals surface area contributed by atoms with Gasteiger partial charge in [0.2, 0.25) is 5.91 Å². The predicted molar refractivity (Wildman–Crippen MR) is 73.0 cm³/mol. The third kappa shape index (κ3) is 3.69. The molecule has 1 amide bonds. The van der Waals surface area contributed by atoms with E-state index in [0.29, 0.717) is 12.5 Å². The Balaban J connectivity index is 2.42. The number of rotatable bonds is 4. The SMILES string of the molecule is CC(C)(N)C(C)(C)C(=O)NCC1CCC(O)CC1. The Labute approximate surface area is 110 Å². The van der Waals surface area contributed by atoms with Gasteiger partial charge in [0.05, 0.1) is 11.5 Å². The van der Waals surface area contributed by atoms with Gasteiger partial charge in [-0.1, -0.05) is 0 Å². The van der Waals surface area contributed by atoms with Gasteiger partial charge in [-0.3, -0.25) is 4.79 Å². The van der Waals surface area contributed by atoms with Crippen LogP contribution in [0.1, 0.15) is 53.4 Å². The molecule has 0 spiro atoms. The van der Waals surface area contributed by atoms with Gasteiger partial charge >= 0.3 is 0 Å². The van der Waals surface area contributed by atoms with Crippen molar-refractivity contribution in [2.75, 3.05) is 6.54 Å². The summed E-state index contributed by atoms with van der Waals surface area (Å²) in [5.41, 5.74) is 4.92. The van der Waals surface area contributed by atoms with Crippen LogP contribution in [0.5, 0.6) is 0 Å². The molecule has 4 heteroatoms. The second kappa shape index (κ2) is 5.57. The summed E-state index contributed by atoms with van der Waals surface area (Å²) in [6, 6.07) is 0. The lowest BCUT2D eigenvalue weighted by molar-refractivity contribution is -0.132. The van der Waals surface area contributed by atoms with Crippen molar-refractivity contribution >= 4 is 5.91 Å². The second-order valence-electron chi connectivity index (χ2n) is 6.73. The van der Waals surface area contributed by atoms with Gasteiger partial charge < -0.3 is 16.2 Å². The normalized spacial score (nSPS) is 25.9. The lowest BCUT2D eigenvalue weighted by atomic mass is 9.74. The molecule has 0 unspecified atom stereocenters. The van der Waals surface area contributed by atoms with Gasteiger partial charge in [-0.15, -0.1) is 0 Å². The Morgan fingerprint density at radius 2 is 1.72 bits per heavy atom. The average Bonchev–Trinajstić information content (AvgIpc) is 2.26. The quantitative estimate of drug-likeness (QED) is 0.712. The molecule has 106 valence electrons. The highest BCUT2D eigenvalue weighted by Crippen LogP contribution is 2.29. The Kier molecular flexibility index (Phi) is 4.78. The van der Waals surface area contributed by atoms with E-state index in [0.717, 1.165) is 25.7 Å². The summed E-state index contributed by atoms with van der Waals surface area (Å²) in [7, 11) is 0. The number of aliphatic hydroxyl groups excluding tert-OH is 1.